The number of ether oxygens (including phenoxy) is 1. The quantitative estimate of drug-likeness (QED) is 0.891. The second-order valence-corrected chi connectivity index (χ2v) is 7.30. The molecular weight excluding hydrogens is 292 g/mol. The van der Waals surface area contributed by atoms with E-state index >= 15 is 0 Å². The zero-order chi connectivity index (χ0) is 16.9. The molecule has 1 saturated heterocycles. The number of likely N-dealkylation sites (tertiary alicyclic amines) is 1. The smallest absolute Gasteiger partial charge is 0.410 e. The zero-order valence-electron chi connectivity index (χ0n) is 14.8. The minimum Gasteiger partial charge on any atom is -0.468 e. The average molecular weight is 322 g/mol. The first kappa shape index (κ1) is 17.9. The van der Waals surface area contributed by atoms with Crippen LogP contribution in [0.15, 0.2) is 22.8 Å². The van der Waals surface area contributed by atoms with E-state index in [4.69, 9.17) is 9.15 Å². The summed E-state index contributed by atoms with van der Waals surface area (Å²) in [4.78, 5) is 13.9. The minimum atomic E-state index is -0.424. The molecule has 5 heteroatoms. The Balaban J connectivity index is 1.73. The molecule has 5 nitrogen and oxygen atoms in total. The number of carbonyl (C=O) groups excluding carboxylic acids is 1. The number of rotatable bonds is 5. The molecule has 0 aliphatic carbocycles. The molecule has 0 bridgehead atoms. The van der Waals surface area contributed by atoms with Gasteiger partial charge in [0.1, 0.15) is 11.4 Å². The van der Waals surface area contributed by atoms with Gasteiger partial charge in [-0.3, -0.25) is 0 Å². The van der Waals surface area contributed by atoms with Crippen molar-refractivity contribution in [2.75, 3.05) is 19.6 Å². The molecule has 0 aromatic carbocycles. The second-order valence-electron chi connectivity index (χ2n) is 7.30. The molecular formula is C18H30N2O3. The molecule has 1 aliphatic heterocycles. The van der Waals surface area contributed by atoms with Crippen LogP contribution in [0.5, 0.6) is 0 Å². The lowest BCUT2D eigenvalue weighted by Crippen LogP contribution is -2.43. The molecule has 2 rings (SSSR count). The molecule has 1 aromatic heterocycles. The maximum absolute atomic E-state index is 12.1. The molecule has 1 atom stereocenters. The minimum absolute atomic E-state index is 0.189. The summed E-state index contributed by atoms with van der Waals surface area (Å²) >= 11 is 0. The first-order chi connectivity index (χ1) is 10.9. The number of nitrogens with zero attached hydrogens (tertiary/aromatic N) is 1. The summed E-state index contributed by atoms with van der Waals surface area (Å²) in [5.74, 6) is 1.59. The highest BCUT2D eigenvalue weighted by atomic mass is 16.6. The predicted molar refractivity (Wildman–Crippen MR) is 90.3 cm³/mol. The topological polar surface area (TPSA) is 54.7 Å². The van der Waals surface area contributed by atoms with Crippen molar-refractivity contribution in [2.24, 2.45) is 5.92 Å². The Bertz CT molecular complexity index is 471. The van der Waals surface area contributed by atoms with Crippen LogP contribution in [-0.4, -0.2) is 36.2 Å². The molecule has 1 unspecified atom stereocenters. The van der Waals surface area contributed by atoms with Gasteiger partial charge in [0.15, 0.2) is 0 Å². The fourth-order valence-corrected chi connectivity index (χ4v) is 2.89. The van der Waals surface area contributed by atoms with Crippen LogP contribution in [0.1, 0.15) is 58.8 Å². The van der Waals surface area contributed by atoms with Gasteiger partial charge in [-0.2, -0.15) is 0 Å². The number of carbonyl (C=O) groups is 1. The third-order valence-electron chi connectivity index (χ3n) is 4.21. The van der Waals surface area contributed by atoms with Gasteiger partial charge in [0, 0.05) is 13.1 Å². The van der Waals surface area contributed by atoms with E-state index in [9.17, 15) is 4.79 Å². The molecule has 0 radical (unpaired) electrons. The van der Waals surface area contributed by atoms with Gasteiger partial charge in [0.05, 0.1) is 12.3 Å². The highest BCUT2D eigenvalue weighted by Crippen LogP contribution is 2.22. The van der Waals surface area contributed by atoms with E-state index in [-0.39, 0.29) is 12.1 Å². The van der Waals surface area contributed by atoms with Gasteiger partial charge in [-0.15, -0.1) is 0 Å². The highest BCUT2D eigenvalue weighted by molar-refractivity contribution is 5.68. The van der Waals surface area contributed by atoms with Crippen molar-refractivity contribution >= 4 is 6.09 Å². The number of nitrogens with one attached hydrogen (secondary N) is 1. The number of amides is 1. The van der Waals surface area contributed by atoms with Crippen molar-refractivity contribution in [3.05, 3.63) is 24.2 Å². The predicted octanol–water partition coefficient (Wildman–Crippen LogP) is 3.97. The van der Waals surface area contributed by atoms with Crippen LogP contribution < -0.4 is 5.32 Å². The van der Waals surface area contributed by atoms with Gasteiger partial charge in [-0.05, 0) is 64.6 Å². The molecule has 1 fully saturated rings. The molecule has 2 heterocycles. The van der Waals surface area contributed by atoms with Gasteiger partial charge in [-0.25, -0.2) is 4.79 Å². The summed E-state index contributed by atoms with van der Waals surface area (Å²) in [6, 6.07) is 4.22. The fourth-order valence-electron chi connectivity index (χ4n) is 2.89. The van der Waals surface area contributed by atoms with Crippen molar-refractivity contribution in [2.45, 2.75) is 58.6 Å². The van der Waals surface area contributed by atoms with Crippen LogP contribution in [0.25, 0.3) is 0 Å². The van der Waals surface area contributed by atoms with E-state index in [0.29, 0.717) is 5.92 Å². The van der Waals surface area contributed by atoms with Crippen LogP contribution in [-0.2, 0) is 4.74 Å². The van der Waals surface area contributed by atoms with Crippen LogP contribution in [0.2, 0.25) is 0 Å². The first-order valence-corrected chi connectivity index (χ1v) is 8.63. The Labute approximate surface area is 139 Å². The highest BCUT2D eigenvalue weighted by Gasteiger charge is 2.27. The van der Waals surface area contributed by atoms with Gasteiger partial charge in [0.25, 0.3) is 0 Å². The molecule has 0 saturated carbocycles. The molecule has 1 aliphatic rings. The van der Waals surface area contributed by atoms with Crippen molar-refractivity contribution in [3.63, 3.8) is 0 Å². The number of furan rings is 1. The van der Waals surface area contributed by atoms with E-state index in [1.807, 2.05) is 37.8 Å². The number of piperidine rings is 1. The van der Waals surface area contributed by atoms with Crippen molar-refractivity contribution in [1.82, 2.24) is 10.2 Å². The summed E-state index contributed by atoms with van der Waals surface area (Å²) < 4.78 is 10.9. The van der Waals surface area contributed by atoms with Crippen LogP contribution in [0.3, 0.4) is 0 Å². The van der Waals surface area contributed by atoms with Gasteiger partial charge >= 0.3 is 6.09 Å². The second kappa shape index (κ2) is 7.86. The Morgan fingerprint density at radius 1 is 1.43 bits per heavy atom. The number of hydrogen-bond acceptors (Lipinski definition) is 4. The van der Waals surface area contributed by atoms with Crippen molar-refractivity contribution < 1.29 is 13.9 Å². The summed E-state index contributed by atoms with van der Waals surface area (Å²) in [6.07, 6.45) is 4.57. The standard InChI is InChI=1S/C18H30N2O3/c1-5-15(16-7-6-12-22-16)19-13-14-8-10-20(11-9-14)17(21)23-18(2,3)4/h6-7,12,14-15,19H,5,8-11,13H2,1-4H3. The molecule has 1 N–H and O–H groups in total. The molecule has 1 amide bonds. The van der Waals surface area contributed by atoms with E-state index in [2.05, 4.69) is 12.2 Å². The lowest BCUT2D eigenvalue weighted by Gasteiger charge is -2.34. The maximum Gasteiger partial charge on any atom is 0.410 e. The van der Waals surface area contributed by atoms with E-state index in [1.54, 1.807) is 6.26 Å². The lowest BCUT2D eigenvalue weighted by atomic mass is 9.96. The lowest BCUT2D eigenvalue weighted by molar-refractivity contribution is 0.0183. The van der Waals surface area contributed by atoms with E-state index in [1.165, 1.54) is 0 Å². The third kappa shape index (κ3) is 5.57. The van der Waals surface area contributed by atoms with E-state index < -0.39 is 5.60 Å². The van der Waals surface area contributed by atoms with Crippen molar-refractivity contribution in [3.8, 4) is 0 Å². The Morgan fingerprint density at radius 3 is 2.65 bits per heavy atom. The summed E-state index contributed by atoms with van der Waals surface area (Å²) in [5, 5.41) is 3.60. The van der Waals surface area contributed by atoms with Crippen LogP contribution in [0, 0.1) is 5.92 Å². The van der Waals surface area contributed by atoms with Gasteiger partial charge in [0.2, 0.25) is 0 Å². The largest absolute Gasteiger partial charge is 0.468 e. The molecule has 130 valence electrons. The maximum atomic E-state index is 12.1. The molecule has 1 aromatic rings. The summed E-state index contributed by atoms with van der Waals surface area (Å²) in [5.41, 5.74) is -0.424. The molecule has 0 spiro atoms. The zero-order valence-corrected chi connectivity index (χ0v) is 14.8. The SMILES string of the molecule is CCC(NCC1CCN(C(=O)OC(C)(C)C)CC1)c1ccco1. The summed E-state index contributed by atoms with van der Waals surface area (Å²) in [7, 11) is 0. The van der Waals surface area contributed by atoms with Crippen LogP contribution >= 0.6 is 0 Å². The fraction of sp³-hybridized carbons (Fsp3) is 0.722. The third-order valence-corrected chi connectivity index (χ3v) is 4.21. The van der Waals surface area contributed by atoms with Crippen molar-refractivity contribution in [1.29, 1.82) is 0 Å². The summed E-state index contributed by atoms with van der Waals surface area (Å²) in [6.45, 7) is 10.4. The van der Waals surface area contributed by atoms with E-state index in [0.717, 1.165) is 44.7 Å². The average Bonchev–Trinajstić information content (AvgIpc) is 3.01. The van der Waals surface area contributed by atoms with Gasteiger partial charge in [-0.1, -0.05) is 6.92 Å². The molecule has 23 heavy (non-hydrogen) atoms. The van der Waals surface area contributed by atoms with Gasteiger partial charge < -0.3 is 19.4 Å². The monoisotopic (exact) mass is 322 g/mol. The Morgan fingerprint density at radius 2 is 2.13 bits per heavy atom. The Hall–Kier alpha value is -1.49. The first-order valence-electron chi connectivity index (χ1n) is 8.63. The normalized spacial score (nSPS) is 18.0. The number of hydrogen-bond donors (Lipinski definition) is 1. The van der Waals surface area contributed by atoms with Crippen LogP contribution in [0.4, 0.5) is 4.79 Å². The Kier molecular flexibility index (Phi) is 6.10.